The number of halogens is 5. The van der Waals surface area contributed by atoms with Gasteiger partial charge in [-0.15, -0.1) is 0 Å². The average Bonchev–Trinajstić information content (AvgIpc) is 3.02. The molecule has 1 rings (SSSR count). The maximum absolute atomic E-state index is 14.7. The molecule has 0 amide bonds. The summed E-state index contributed by atoms with van der Waals surface area (Å²) < 4.78 is 71.0. The molecule has 0 aliphatic rings. The molecular weight excluding hydrogens is 565 g/mol. The molecule has 0 aliphatic carbocycles. The SMILES string of the molecule is CCCCCCCCCCCCCCCCN(CCCCCCCCCCCCCCCC)c1c(F)c(F)c(F)c(F)c1F. The van der Waals surface area contributed by atoms with E-state index in [0.717, 1.165) is 38.5 Å². The maximum atomic E-state index is 14.7. The molecule has 0 aliphatic heterocycles. The number of anilines is 1. The molecule has 0 bridgehead atoms. The largest absolute Gasteiger partial charge is 0.367 e. The van der Waals surface area contributed by atoms with Gasteiger partial charge >= 0.3 is 0 Å². The third kappa shape index (κ3) is 18.6. The highest BCUT2D eigenvalue weighted by Gasteiger charge is 2.28. The van der Waals surface area contributed by atoms with Crippen LogP contribution in [0.2, 0.25) is 0 Å². The van der Waals surface area contributed by atoms with Crippen LogP contribution in [0.15, 0.2) is 0 Å². The van der Waals surface area contributed by atoms with E-state index in [1.165, 1.54) is 133 Å². The second-order valence-corrected chi connectivity index (χ2v) is 13.1. The summed E-state index contributed by atoms with van der Waals surface area (Å²) in [7, 11) is 0. The molecule has 0 spiro atoms. The summed E-state index contributed by atoms with van der Waals surface area (Å²) in [5, 5.41) is 0. The van der Waals surface area contributed by atoms with E-state index in [4.69, 9.17) is 0 Å². The van der Waals surface area contributed by atoms with Crippen LogP contribution < -0.4 is 4.90 Å². The minimum Gasteiger partial charge on any atom is -0.367 e. The number of hydrogen-bond donors (Lipinski definition) is 0. The lowest BCUT2D eigenvalue weighted by Gasteiger charge is -2.26. The summed E-state index contributed by atoms with van der Waals surface area (Å²) >= 11 is 0. The van der Waals surface area contributed by atoms with Crippen molar-refractivity contribution in [3.63, 3.8) is 0 Å². The Morgan fingerprint density at radius 2 is 0.500 bits per heavy atom. The van der Waals surface area contributed by atoms with Crippen molar-refractivity contribution in [2.24, 2.45) is 0 Å². The van der Waals surface area contributed by atoms with Gasteiger partial charge in [-0.1, -0.05) is 181 Å². The number of unbranched alkanes of at least 4 members (excludes halogenated alkanes) is 26. The van der Waals surface area contributed by atoms with Gasteiger partial charge < -0.3 is 4.90 Å². The number of hydrogen-bond acceptors (Lipinski definition) is 1. The van der Waals surface area contributed by atoms with Gasteiger partial charge in [0.25, 0.3) is 0 Å². The van der Waals surface area contributed by atoms with Crippen molar-refractivity contribution in [2.75, 3.05) is 18.0 Å². The van der Waals surface area contributed by atoms with Crippen LogP contribution in [-0.4, -0.2) is 13.1 Å². The maximum Gasteiger partial charge on any atom is 0.200 e. The van der Waals surface area contributed by atoms with E-state index < -0.39 is 34.8 Å². The molecule has 0 aromatic heterocycles. The normalized spacial score (nSPS) is 11.5. The van der Waals surface area contributed by atoms with E-state index in [-0.39, 0.29) is 0 Å². The van der Waals surface area contributed by atoms with Crippen molar-refractivity contribution in [2.45, 2.75) is 194 Å². The van der Waals surface area contributed by atoms with Gasteiger partial charge in [-0.25, -0.2) is 22.0 Å². The van der Waals surface area contributed by atoms with Gasteiger partial charge in [-0.3, -0.25) is 0 Å². The molecule has 6 heteroatoms. The Balaban J connectivity index is 2.33. The Hall–Kier alpha value is -1.33. The first-order chi connectivity index (χ1) is 21.5. The quantitative estimate of drug-likeness (QED) is 0.0341. The summed E-state index contributed by atoms with van der Waals surface area (Å²) in [5.74, 6) is -9.22. The summed E-state index contributed by atoms with van der Waals surface area (Å²) in [6, 6.07) is 0. The van der Waals surface area contributed by atoms with Crippen LogP contribution in [0.1, 0.15) is 194 Å². The standard InChI is InChI=1S/C38H66F5N/c1-3-5-7-9-11-13-15-17-19-21-23-25-27-29-31-44(38-36(42)34(40)33(39)35(41)37(38)43)32-30-28-26-24-22-20-18-16-14-12-10-8-6-4-2/h3-32H2,1-2H3. The molecule has 0 N–H and O–H groups in total. The number of benzene rings is 1. The molecule has 0 unspecified atom stereocenters. The fraction of sp³-hybridized carbons (Fsp3) is 0.842. The van der Waals surface area contributed by atoms with E-state index in [0.29, 0.717) is 25.9 Å². The van der Waals surface area contributed by atoms with Gasteiger partial charge in [0.1, 0.15) is 5.69 Å². The lowest BCUT2D eigenvalue weighted by Crippen LogP contribution is -2.29. The monoisotopic (exact) mass is 632 g/mol. The van der Waals surface area contributed by atoms with Crippen LogP contribution in [0.5, 0.6) is 0 Å². The van der Waals surface area contributed by atoms with Crippen LogP contribution in [0.4, 0.5) is 27.6 Å². The van der Waals surface area contributed by atoms with Crippen LogP contribution in [0, 0.1) is 29.1 Å². The summed E-state index contributed by atoms with van der Waals surface area (Å²) in [4.78, 5) is 1.40. The average molecular weight is 632 g/mol. The molecule has 1 aromatic rings. The van der Waals surface area contributed by atoms with Crippen molar-refractivity contribution in [3.05, 3.63) is 29.1 Å². The van der Waals surface area contributed by atoms with E-state index in [9.17, 15) is 22.0 Å². The highest BCUT2D eigenvalue weighted by molar-refractivity contribution is 5.50. The first-order valence-corrected chi connectivity index (χ1v) is 18.7. The molecule has 0 saturated carbocycles. The zero-order valence-corrected chi connectivity index (χ0v) is 28.6. The smallest absolute Gasteiger partial charge is 0.200 e. The van der Waals surface area contributed by atoms with Crippen molar-refractivity contribution < 1.29 is 22.0 Å². The molecular formula is C38H66F5N. The predicted octanol–water partition coefficient (Wildman–Crippen LogP) is 14.2. The Bertz CT molecular complexity index is 754. The van der Waals surface area contributed by atoms with Crippen molar-refractivity contribution in [1.29, 1.82) is 0 Å². The molecule has 1 nitrogen and oxygen atoms in total. The molecule has 0 saturated heterocycles. The fourth-order valence-corrected chi connectivity index (χ4v) is 6.20. The lowest BCUT2D eigenvalue weighted by atomic mass is 10.0. The van der Waals surface area contributed by atoms with Gasteiger partial charge in [0.15, 0.2) is 23.3 Å². The zero-order chi connectivity index (χ0) is 32.3. The van der Waals surface area contributed by atoms with Gasteiger partial charge in [0.2, 0.25) is 5.82 Å². The molecule has 0 radical (unpaired) electrons. The first-order valence-electron chi connectivity index (χ1n) is 18.7. The fourth-order valence-electron chi connectivity index (χ4n) is 6.20. The molecule has 44 heavy (non-hydrogen) atoms. The highest BCUT2D eigenvalue weighted by atomic mass is 19.2. The zero-order valence-electron chi connectivity index (χ0n) is 28.6. The Morgan fingerprint density at radius 3 is 0.750 bits per heavy atom. The third-order valence-corrected chi connectivity index (χ3v) is 9.07. The number of rotatable bonds is 31. The number of nitrogens with zero attached hydrogens (tertiary/aromatic N) is 1. The Labute approximate surface area is 268 Å². The Morgan fingerprint density at radius 1 is 0.295 bits per heavy atom. The summed E-state index contributed by atoms with van der Waals surface area (Å²) in [6.45, 7) is 5.08. The third-order valence-electron chi connectivity index (χ3n) is 9.07. The molecule has 258 valence electrons. The van der Waals surface area contributed by atoms with Crippen LogP contribution in [0.25, 0.3) is 0 Å². The van der Waals surface area contributed by atoms with Crippen molar-refractivity contribution in [1.82, 2.24) is 0 Å². The Kier molecular flexibility index (Phi) is 25.8. The predicted molar refractivity (Wildman–Crippen MR) is 179 cm³/mol. The van der Waals surface area contributed by atoms with Crippen molar-refractivity contribution >= 4 is 5.69 Å². The minimum atomic E-state index is -2.09. The topological polar surface area (TPSA) is 3.24 Å². The van der Waals surface area contributed by atoms with Crippen LogP contribution >= 0.6 is 0 Å². The van der Waals surface area contributed by atoms with E-state index in [1.54, 1.807) is 0 Å². The van der Waals surface area contributed by atoms with Crippen LogP contribution in [0.3, 0.4) is 0 Å². The van der Waals surface area contributed by atoms with E-state index in [1.807, 2.05) is 0 Å². The highest BCUT2D eigenvalue weighted by Crippen LogP contribution is 2.31. The summed E-state index contributed by atoms with van der Waals surface area (Å²) in [5.41, 5.74) is -0.759. The van der Waals surface area contributed by atoms with Crippen LogP contribution in [-0.2, 0) is 0 Å². The minimum absolute atomic E-state index is 0.300. The molecule has 0 heterocycles. The van der Waals surface area contributed by atoms with E-state index >= 15 is 0 Å². The molecule has 1 aromatic carbocycles. The van der Waals surface area contributed by atoms with Gasteiger partial charge in [-0.05, 0) is 12.8 Å². The van der Waals surface area contributed by atoms with Gasteiger partial charge in [0, 0.05) is 13.1 Å². The van der Waals surface area contributed by atoms with Crippen molar-refractivity contribution in [3.8, 4) is 0 Å². The lowest BCUT2D eigenvalue weighted by molar-refractivity contribution is 0.377. The molecule has 0 atom stereocenters. The summed E-state index contributed by atoms with van der Waals surface area (Å²) in [6.07, 6.45) is 33.5. The molecule has 0 fully saturated rings. The first kappa shape index (κ1) is 40.7. The second kappa shape index (κ2) is 27.9. The van der Waals surface area contributed by atoms with Gasteiger partial charge in [0.05, 0.1) is 0 Å². The van der Waals surface area contributed by atoms with E-state index in [2.05, 4.69) is 13.8 Å². The van der Waals surface area contributed by atoms with Gasteiger partial charge in [-0.2, -0.15) is 0 Å². The second-order valence-electron chi connectivity index (χ2n) is 13.1.